The molecule has 0 saturated carbocycles. The smallest absolute Gasteiger partial charge is 0.247 e. The van der Waals surface area contributed by atoms with Crippen LogP contribution in [0.3, 0.4) is 0 Å². The molecule has 0 bridgehead atoms. The first kappa shape index (κ1) is 12.9. The third kappa shape index (κ3) is 2.81. The molecule has 0 aromatic carbocycles. The van der Waals surface area contributed by atoms with Crippen molar-refractivity contribution >= 4 is 11.8 Å². The molecule has 1 N–H and O–H groups in total. The van der Waals surface area contributed by atoms with Crippen LogP contribution in [0.1, 0.15) is 19.8 Å². The normalized spacial score (nSPS) is 10.8. The number of hydrogen-bond donors (Lipinski definition) is 1. The van der Waals surface area contributed by atoms with Gasteiger partial charge in [0.15, 0.2) is 11.0 Å². The molecule has 0 aliphatic heterocycles. The van der Waals surface area contributed by atoms with Gasteiger partial charge in [0, 0.05) is 30.6 Å². The first-order chi connectivity index (χ1) is 8.72. The van der Waals surface area contributed by atoms with Crippen molar-refractivity contribution in [1.29, 1.82) is 0 Å². The summed E-state index contributed by atoms with van der Waals surface area (Å²) in [6.45, 7) is 2.17. The molecule has 18 heavy (non-hydrogen) atoms. The molecule has 0 atom stereocenters. The predicted molar refractivity (Wildman–Crippen MR) is 72.7 cm³/mol. The summed E-state index contributed by atoms with van der Waals surface area (Å²) in [6, 6.07) is 3.25. The summed E-state index contributed by atoms with van der Waals surface area (Å²) in [6.07, 6.45) is 4.01. The lowest BCUT2D eigenvalue weighted by molar-refractivity contribution is 0.790. The quantitative estimate of drug-likeness (QED) is 0.663. The average Bonchev–Trinajstić information content (AvgIpc) is 2.73. The van der Waals surface area contributed by atoms with Gasteiger partial charge in [-0.3, -0.25) is 4.79 Å². The Morgan fingerprint density at radius 3 is 2.89 bits per heavy atom. The van der Waals surface area contributed by atoms with E-state index in [9.17, 15) is 4.79 Å². The zero-order chi connectivity index (χ0) is 13.0. The van der Waals surface area contributed by atoms with Crippen molar-refractivity contribution in [2.45, 2.75) is 24.9 Å². The van der Waals surface area contributed by atoms with Crippen molar-refractivity contribution in [2.75, 3.05) is 5.75 Å². The lowest BCUT2D eigenvalue weighted by atomic mass is 10.3. The van der Waals surface area contributed by atoms with Crippen LogP contribution in [-0.4, -0.2) is 25.5 Å². The molecule has 0 amide bonds. The number of aromatic nitrogens is 4. The summed E-state index contributed by atoms with van der Waals surface area (Å²) in [5.74, 6) is 1.82. The Morgan fingerprint density at radius 1 is 1.39 bits per heavy atom. The number of H-pyrrole nitrogens is 1. The van der Waals surface area contributed by atoms with E-state index < -0.39 is 0 Å². The summed E-state index contributed by atoms with van der Waals surface area (Å²) in [5, 5.41) is 9.24. The molecule has 5 nitrogen and oxygen atoms in total. The van der Waals surface area contributed by atoms with Crippen LogP contribution in [0.4, 0.5) is 0 Å². The highest BCUT2D eigenvalue weighted by atomic mass is 32.2. The molecule has 2 heterocycles. The van der Waals surface area contributed by atoms with Gasteiger partial charge in [0.2, 0.25) is 5.56 Å². The van der Waals surface area contributed by atoms with E-state index in [0.29, 0.717) is 0 Å². The van der Waals surface area contributed by atoms with Crippen molar-refractivity contribution in [3.05, 3.63) is 28.7 Å². The van der Waals surface area contributed by atoms with Crippen LogP contribution in [0.5, 0.6) is 0 Å². The van der Waals surface area contributed by atoms with Gasteiger partial charge < -0.3 is 9.55 Å². The van der Waals surface area contributed by atoms with Crippen molar-refractivity contribution in [3.8, 4) is 11.4 Å². The molecule has 0 fully saturated rings. The molecule has 2 aromatic rings. The maximum absolute atomic E-state index is 11.0. The first-order valence-corrected chi connectivity index (χ1v) is 6.92. The second-order valence-corrected chi connectivity index (χ2v) is 5.07. The highest BCUT2D eigenvalue weighted by Gasteiger charge is 2.10. The van der Waals surface area contributed by atoms with Gasteiger partial charge in [-0.05, 0) is 12.5 Å². The van der Waals surface area contributed by atoms with E-state index in [0.717, 1.165) is 22.3 Å². The standard InChI is InChI=1S/C12H16N4OS/c1-3-4-7-18-12-15-14-11(16(12)2)9-5-6-10(17)13-8-9/h5-6,8H,3-4,7H2,1-2H3,(H,13,17). The average molecular weight is 264 g/mol. The minimum atomic E-state index is -0.113. The largest absolute Gasteiger partial charge is 0.328 e. The Morgan fingerprint density at radius 2 is 2.22 bits per heavy atom. The topological polar surface area (TPSA) is 63.6 Å². The second kappa shape index (κ2) is 5.86. The molecule has 0 aliphatic rings. The van der Waals surface area contributed by atoms with Gasteiger partial charge in [-0.2, -0.15) is 0 Å². The number of nitrogens with one attached hydrogen (secondary N) is 1. The predicted octanol–water partition coefficient (Wildman–Crippen LogP) is 2.06. The first-order valence-electron chi connectivity index (χ1n) is 5.93. The molecule has 96 valence electrons. The molecule has 0 saturated heterocycles. The highest BCUT2D eigenvalue weighted by molar-refractivity contribution is 7.99. The van der Waals surface area contributed by atoms with Crippen molar-refractivity contribution < 1.29 is 0 Å². The number of pyridine rings is 1. The van der Waals surface area contributed by atoms with Gasteiger partial charge >= 0.3 is 0 Å². The summed E-state index contributed by atoms with van der Waals surface area (Å²) in [5.41, 5.74) is 0.755. The van der Waals surface area contributed by atoms with Crippen LogP contribution in [0, 0.1) is 0 Å². The maximum Gasteiger partial charge on any atom is 0.247 e. The molecule has 0 unspecified atom stereocenters. The van der Waals surface area contributed by atoms with Crippen molar-refractivity contribution in [3.63, 3.8) is 0 Å². The Labute approximate surface area is 110 Å². The van der Waals surface area contributed by atoms with E-state index in [-0.39, 0.29) is 5.56 Å². The van der Waals surface area contributed by atoms with E-state index in [2.05, 4.69) is 22.1 Å². The van der Waals surface area contributed by atoms with E-state index in [4.69, 9.17) is 0 Å². The molecular formula is C12H16N4OS. The lowest BCUT2D eigenvalue weighted by Crippen LogP contribution is -2.03. The fourth-order valence-corrected chi connectivity index (χ4v) is 2.54. The highest BCUT2D eigenvalue weighted by Crippen LogP contribution is 2.22. The summed E-state index contributed by atoms with van der Waals surface area (Å²) in [4.78, 5) is 13.7. The van der Waals surface area contributed by atoms with Crippen molar-refractivity contribution in [1.82, 2.24) is 19.7 Å². The Bertz CT molecular complexity index is 555. The monoisotopic (exact) mass is 264 g/mol. The SMILES string of the molecule is CCCCSc1nnc(-c2ccc(=O)[nH]c2)n1C. The number of unbranched alkanes of at least 4 members (excludes halogenated alkanes) is 1. The van der Waals surface area contributed by atoms with E-state index in [1.165, 1.54) is 18.9 Å². The number of rotatable bonds is 5. The Hall–Kier alpha value is -1.56. The van der Waals surface area contributed by atoms with Crippen LogP contribution in [-0.2, 0) is 7.05 Å². The maximum atomic E-state index is 11.0. The zero-order valence-electron chi connectivity index (χ0n) is 10.5. The van der Waals surface area contributed by atoms with Crippen molar-refractivity contribution in [2.24, 2.45) is 7.05 Å². The Balaban J connectivity index is 2.19. The zero-order valence-corrected chi connectivity index (χ0v) is 11.3. The van der Waals surface area contributed by atoms with Crippen LogP contribution < -0.4 is 5.56 Å². The fourth-order valence-electron chi connectivity index (χ4n) is 1.55. The number of hydrogen-bond acceptors (Lipinski definition) is 4. The summed E-state index contributed by atoms with van der Waals surface area (Å²) < 4.78 is 1.95. The van der Waals surface area contributed by atoms with E-state index >= 15 is 0 Å². The number of thioether (sulfide) groups is 1. The minimum Gasteiger partial charge on any atom is -0.328 e. The van der Waals surface area contributed by atoms with Gasteiger partial charge in [0.25, 0.3) is 0 Å². The summed E-state index contributed by atoms with van der Waals surface area (Å²) >= 11 is 1.71. The molecule has 2 aromatic heterocycles. The van der Waals surface area contributed by atoms with Gasteiger partial charge in [0.05, 0.1) is 0 Å². The number of nitrogens with zero attached hydrogens (tertiary/aromatic N) is 3. The summed E-state index contributed by atoms with van der Waals surface area (Å²) in [7, 11) is 1.94. The fraction of sp³-hybridized carbons (Fsp3) is 0.417. The molecule has 0 spiro atoms. The third-order valence-electron chi connectivity index (χ3n) is 2.61. The van der Waals surface area contributed by atoms with E-state index in [1.807, 2.05) is 11.6 Å². The van der Waals surface area contributed by atoms with Crippen LogP contribution in [0.15, 0.2) is 28.3 Å². The van der Waals surface area contributed by atoms with E-state index in [1.54, 1.807) is 24.0 Å². The molecule has 0 aliphatic carbocycles. The van der Waals surface area contributed by atoms with Gasteiger partial charge in [-0.25, -0.2) is 0 Å². The third-order valence-corrected chi connectivity index (χ3v) is 3.71. The molecule has 0 radical (unpaired) electrons. The number of aromatic amines is 1. The molecule has 6 heteroatoms. The molecular weight excluding hydrogens is 248 g/mol. The van der Waals surface area contributed by atoms with Gasteiger partial charge in [-0.15, -0.1) is 10.2 Å². The van der Waals surface area contributed by atoms with Crippen LogP contribution in [0.25, 0.3) is 11.4 Å². The Kier molecular flexibility index (Phi) is 4.19. The second-order valence-electron chi connectivity index (χ2n) is 4.01. The van der Waals surface area contributed by atoms with Gasteiger partial charge in [-0.1, -0.05) is 25.1 Å². The van der Waals surface area contributed by atoms with Crippen LogP contribution in [0.2, 0.25) is 0 Å². The van der Waals surface area contributed by atoms with Crippen LogP contribution >= 0.6 is 11.8 Å². The lowest BCUT2D eigenvalue weighted by Gasteiger charge is -2.03. The molecule has 2 rings (SSSR count). The van der Waals surface area contributed by atoms with Gasteiger partial charge in [0.1, 0.15) is 0 Å². The minimum absolute atomic E-state index is 0.113.